The van der Waals surface area contributed by atoms with Crippen molar-refractivity contribution < 1.29 is 47.6 Å². The van der Waals surface area contributed by atoms with E-state index in [0.29, 0.717) is 0 Å². The Labute approximate surface area is 77.9 Å². The molecule has 0 saturated carbocycles. The molecule has 0 unspecified atom stereocenters. The molecular weight excluding hydrogens is 151 g/mol. The molecule has 0 rings (SSSR count). The predicted molar refractivity (Wildman–Crippen MR) is 26.8 cm³/mol. The first-order chi connectivity index (χ1) is 3.68. The van der Waals surface area contributed by atoms with E-state index >= 15 is 0 Å². The SMILES string of the molecule is CO[Si]([O-])(OC)OC.[Na+]. The first-order valence-corrected chi connectivity index (χ1v) is 3.67. The summed E-state index contributed by atoms with van der Waals surface area (Å²) in [6.07, 6.45) is 0. The zero-order valence-electron chi connectivity index (χ0n) is 6.13. The summed E-state index contributed by atoms with van der Waals surface area (Å²) in [6.45, 7) is 0. The van der Waals surface area contributed by atoms with Crippen molar-refractivity contribution >= 4 is 9.05 Å². The molecule has 6 heteroatoms. The van der Waals surface area contributed by atoms with Crippen LogP contribution >= 0.6 is 0 Å². The average molecular weight is 160 g/mol. The van der Waals surface area contributed by atoms with E-state index in [9.17, 15) is 4.80 Å². The van der Waals surface area contributed by atoms with Gasteiger partial charge in [-0.25, -0.2) is 0 Å². The second-order valence-corrected chi connectivity index (χ2v) is 3.34. The van der Waals surface area contributed by atoms with Crippen molar-refractivity contribution in [1.29, 1.82) is 0 Å². The van der Waals surface area contributed by atoms with Gasteiger partial charge in [0, 0.05) is 21.3 Å². The normalized spacial score (nSPS) is 10.7. The van der Waals surface area contributed by atoms with Gasteiger partial charge in [0.25, 0.3) is 0 Å². The Morgan fingerprint density at radius 1 is 1.00 bits per heavy atom. The van der Waals surface area contributed by atoms with Crippen LogP contribution in [-0.4, -0.2) is 30.4 Å². The molecule has 0 aliphatic heterocycles. The van der Waals surface area contributed by atoms with Crippen LogP contribution in [0.5, 0.6) is 0 Å². The van der Waals surface area contributed by atoms with Crippen LogP contribution in [0, 0.1) is 0 Å². The van der Waals surface area contributed by atoms with E-state index < -0.39 is 9.05 Å². The maximum atomic E-state index is 10.7. The van der Waals surface area contributed by atoms with Gasteiger partial charge in [-0.05, 0) is 0 Å². The zero-order chi connectivity index (χ0) is 6.62. The summed E-state index contributed by atoms with van der Waals surface area (Å²) in [6, 6.07) is 0. The van der Waals surface area contributed by atoms with E-state index in [0.717, 1.165) is 0 Å². The van der Waals surface area contributed by atoms with Gasteiger partial charge in [-0.2, -0.15) is 0 Å². The van der Waals surface area contributed by atoms with Crippen molar-refractivity contribution in [3.63, 3.8) is 0 Å². The van der Waals surface area contributed by atoms with Crippen molar-refractivity contribution in [1.82, 2.24) is 0 Å². The van der Waals surface area contributed by atoms with Crippen LogP contribution < -0.4 is 34.4 Å². The van der Waals surface area contributed by atoms with Crippen molar-refractivity contribution in [2.24, 2.45) is 0 Å². The third-order valence-corrected chi connectivity index (χ3v) is 2.25. The Morgan fingerprint density at radius 3 is 1.22 bits per heavy atom. The van der Waals surface area contributed by atoms with Crippen molar-refractivity contribution in [3.8, 4) is 0 Å². The van der Waals surface area contributed by atoms with Crippen LogP contribution in [0.1, 0.15) is 0 Å². The number of rotatable bonds is 3. The monoisotopic (exact) mass is 160 g/mol. The Kier molecular flexibility index (Phi) is 8.21. The second kappa shape index (κ2) is 5.81. The summed E-state index contributed by atoms with van der Waals surface area (Å²) in [5, 5.41) is 0. The zero-order valence-corrected chi connectivity index (χ0v) is 9.13. The summed E-state index contributed by atoms with van der Waals surface area (Å²) < 4.78 is 13.1. The molecule has 0 aromatic carbocycles. The van der Waals surface area contributed by atoms with Gasteiger partial charge < -0.3 is 18.1 Å². The van der Waals surface area contributed by atoms with Crippen molar-refractivity contribution in [2.45, 2.75) is 0 Å². The molecule has 0 aromatic rings. The molecule has 9 heavy (non-hydrogen) atoms. The van der Waals surface area contributed by atoms with Crippen LogP contribution in [0.25, 0.3) is 0 Å². The molecule has 0 spiro atoms. The van der Waals surface area contributed by atoms with Gasteiger partial charge in [-0.15, -0.1) is 0 Å². The van der Waals surface area contributed by atoms with Gasteiger partial charge in [0.15, 0.2) is 0 Å². The first-order valence-electron chi connectivity index (χ1n) is 2.04. The Morgan fingerprint density at radius 2 is 1.22 bits per heavy atom. The van der Waals surface area contributed by atoms with Gasteiger partial charge in [0.2, 0.25) is 0 Å². The fourth-order valence-corrected chi connectivity index (χ4v) is 0.750. The van der Waals surface area contributed by atoms with Crippen LogP contribution in [0.2, 0.25) is 0 Å². The smallest absolute Gasteiger partial charge is 0.793 e. The van der Waals surface area contributed by atoms with E-state index in [4.69, 9.17) is 0 Å². The van der Waals surface area contributed by atoms with E-state index in [1.807, 2.05) is 0 Å². The molecule has 0 heterocycles. The summed E-state index contributed by atoms with van der Waals surface area (Å²) >= 11 is 0. The molecule has 0 aromatic heterocycles. The summed E-state index contributed by atoms with van der Waals surface area (Å²) in [7, 11) is 0.389. The van der Waals surface area contributed by atoms with Gasteiger partial charge in [-0.3, -0.25) is 0 Å². The third kappa shape index (κ3) is 4.46. The molecule has 0 saturated heterocycles. The van der Waals surface area contributed by atoms with E-state index in [1.54, 1.807) is 0 Å². The minimum atomic E-state index is -3.42. The Hall–Kier alpha value is 1.06. The first kappa shape index (κ1) is 12.7. The molecule has 4 nitrogen and oxygen atoms in total. The summed E-state index contributed by atoms with van der Waals surface area (Å²) in [5.74, 6) is 0. The topological polar surface area (TPSA) is 50.8 Å². The molecule has 0 amide bonds. The second-order valence-electron chi connectivity index (χ2n) is 1.11. The molecule has 0 N–H and O–H groups in total. The van der Waals surface area contributed by atoms with Gasteiger partial charge in [0.05, 0.1) is 0 Å². The Balaban J connectivity index is 0. The molecule has 0 aliphatic rings. The molecule has 50 valence electrons. The standard InChI is InChI=1S/C3H9O4Si.Na/c1-5-8(4,6-2)7-3;/h1-3H3;/q-1;+1. The fraction of sp³-hybridized carbons (Fsp3) is 1.00. The van der Waals surface area contributed by atoms with Gasteiger partial charge in [-0.1, -0.05) is 0 Å². The third-order valence-electron chi connectivity index (χ3n) is 0.750. The van der Waals surface area contributed by atoms with Crippen LogP contribution in [0.15, 0.2) is 0 Å². The van der Waals surface area contributed by atoms with E-state index in [1.165, 1.54) is 21.3 Å². The quantitative estimate of drug-likeness (QED) is 0.392. The molecule has 0 bridgehead atoms. The number of hydrogen-bond acceptors (Lipinski definition) is 4. The van der Waals surface area contributed by atoms with Crippen LogP contribution in [0.4, 0.5) is 0 Å². The van der Waals surface area contributed by atoms with Crippen LogP contribution in [0.3, 0.4) is 0 Å². The molecule has 0 aliphatic carbocycles. The van der Waals surface area contributed by atoms with Crippen molar-refractivity contribution in [2.75, 3.05) is 21.3 Å². The summed E-state index contributed by atoms with van der Waals surface area (Å²) in [4.78, 5) is 10.7. The molecule has 0 radical (unpaired) electrons. The van der Waals surface area contributed by atoms with E-state index in [2.05, 4.69) is 13.3 Å². The molecular formula is C3H9NaO4Si. The summed E-state index contributed by atoms with van der Waals surface area (Å²) in [5.41, 5.74) is 0. The van der Waals surface area contributed by atoms with Gasteiger partial charge >= 0.3 is 38.6 Å². The molecule has 0 fully saturated rings. The molecule has 0 atom stereocenters. The average Bonchev–Trinajstić information content (AvgIpc) is 1.87. The minimum Gasteiger partial charge on any atom is -0.793 e. The predicted octanol–water partition coefficient (Wildman–Crippen LogP) is -4.27. The maximum absolute atomic E-state index is 10.7. The number of hydrogen-bond donors (Lipinski definition) is 0. The minimum absolute atomic E-state index is 0. The fourth-order valence-electron chi connectivity index (χ4n) is 0.250. The van der Waals surface area contributed by atoms with Gasteiger partial charge in [0.1, 0.15) is 0 Å². The largest absolute Gasteiger partial charge is 1.00 e. The van der Waals surface area contributed by atoms with Crippen LogP contribution in [-0.2, 0) is 13.3 Å². The van der Waals surface area contributed by atoms with Crippen molar-refractivity contribution in [3.05, 3.63) is 0 Å². The maximum Gasteiger partial charge on any atom is 1.00 e. The Bertz CT molecular complexity index is 58.6. The van der Waals surface area contributed by atoms with E-state index in [-0.39, 0.29) is 29.6 Å².